The highest BCUT2D eigenvalue weighted by atomic mass is 19.4. The van der Waals surface area contributed by atoms with Crippen LogP contribution in [0.4, 0.5) is 18.9 Å². The number of amides is 1. The Kier molecular flexibility index (Phi) is 5.72. The van der Waals surface area contributed by atoms with E-state index < -0.39 is 23.2 Å². The third kappa shape index (κ3) is 5.04. The van der Waals surface area contributed by atoms with Crippen LogP contribution in [0.1, 0.15) is 21.5 Å². The summed E-state index contributed by atoms with van der Waals surface area (Å²) in [6.45, 7) is -0.0942. The van der Waals surface area contributed by atoms with Crippen molar-refractivity contribution >= 4 is 11.6 Å². The second-order valence-corrected chi connectivity index (χ2v) is 6.27. The maximum absolute atomic E-state index is 12.9. The highest BCUT2D eigenvalue weighted by Crippen LogP contribution is 2.29. The molecule has 0 saturated carbocycles. The van der Waals surface area contributed by atoms with Gasteiger partial charge in [-0.25, -0.2) is 0 Å². The highest BCUT2D eigenvalue weighted by Gasteiger charge is 2.30. The number of ether oxygens (including phenoxy) is 1. The van der Waals surface area contributed by atoms with Crippen molar-refractivity contribution in [2.45, 2.75) is 12.7 Å². The lowest BCUT2D eigenvalue weighted by Crippen LogP contribution is -2.22. The monoisotopic (exact) mass is 402 g/mol. The first kappa shape index (κ1) is 20.2. The summed E-state index contributed by atoms with van der Waals surface area (Å²) in [5.41, 5.74) is -0.230. The summed E-state index contributed by atoms with van der Waals surface area (Å²) >= 11 is 0. The van der Waals surface area contributed by atoms with Gasteiger partial charge in [0.1, 0.15) is 5.75 Å². The summed E-state index contributed by atoms with van der Waals surface area (Å²) in [7, 11) is 1.50. The van der Waals surface area contributed by atoms with Crippen LogP contribution in [0, 0.1) is 0 Å². The molecule has 0 atom stereocenters. The Bertz CT molecular complexity index is 1090. The number of hydrogen-bond donors (Lipinski definition) is 1. The number of pyridine rings is 1. The summed E-state index contributed by atoms with van der Waals surface area (Å²) in [6.07, 6.45) is -3.16. The average Bonchev–Trinajstić information content (AvgIpc) is 2.69. The molecule has 5 nitrogen and oxygen atoms in total. The van der Waals surface area contributed by atoms with Crippen molar-refractivity contribution in [1.29, 1.82) is 0 Å². The Morgan fingerprint density at radius 1 is 1.07 bits per heavy atom. The Hall–Kier alpha value is -3.55. The van der Waals surface area contributed by atoms with E-state index in [2.05, 4.69) is 5.32 Å². The minimum Gasteiger partial charge on any atom is -0.497 e. The number of nitrogens with zero attached hydrogens (tertiary/aromatic N) is 1. The Morgan fingerprint density at radius 3 is 2.55 bits per heavy atom. The zero-order valence-electron chi connectivity index (χ0n) is 15.4. The summed E-state index contributed by atoms with van der Waals surface area (Å²) in [6, 6.07) is 14.0. The number of halogens is 3. The van der Waals surface area contributed by atoms with E-state index in [1.807, 2.05) is 0 Å². The van der Waals surface area contributed by atoms with Crippen LogP contribution in [0.15, 0.2) is 71.7 Å². The quantitative estimate of drug-likeness (QED) is 0.697. The van der Waals surface area contributed by atoms with Gasteiger partial charge in [0, 0.05) is 24.0 Å². The Balaban J connectivity index is 1.83. The number of benzene rings is 2. The van der Waals surface area contributed by atoms with Crippen LogP contribution in [0.3, 0.4) is 0 Å². The van der Waals surface area contributed by atoms with Crippen LogP contribution in [0.5, 0.6) is 5.75 Å². The van der Waals surface area contributed by atoms with Gasteiger partial charge < -0.3 is 14.6 Å². The van der Waals surface area contributed by atoms with Crippen LogP contribution in [-0.4, -0.2) is 17.6 Å². The van der Waals surface area contributed by atoms with E-state index in [-0.39, 0.29) is 12.1 Å². The second-order valence-electron chi connectivity index (χ2n) is 6.27. The van der Waals surface area contributed by atoms with Crippen molar-refractivity contribution < 1.29 is 22.7 Å². The molecule has 1 aromatic heterocycles. The Morgan fingerprint density at radius 2 is 1.83 bits per heavy atom. The highest BCUT2D eigenvalue weighted by molar-refractivity contribution is 6.04. The molecule has 0 unspecified atom stereocenters. The number of methoxy groups -OCH3 is 1. The lowest BCUT2D eigenvalue weighted by atomic mass is 10.1. The minimum atomic E-state index is -4.47. The van der Waals surface area contributed by atoms with E-state index in [0.717, 1.165) is 12.1 Å². The van der Waals surface area contributed by atoms with E-state index in [1.165, 1.54) is 42.1 Å². The van der Waals surface area contributed by atoms with Crippen LogP contribution >= 0.6 is 0 Å². The fourth-order valence-corrected chi connectivity index (χ4v) is 2.74. The van der Waals surface area contributed by atoms with Gasteiger partial charge in [0.25, 0.3) is 11.5 Å². The molecule has 3 aromatic rings. The number of nitrogens with one attached hydrogen (secondary N) is 1. The molecule has 0 saturated heterocycles. The van der Waals surface area contributed by atoms with Crippen molar-refractivity contribution in [3.63, 3.8) is 0 Å². The van der Waals surface area contributed by atoms with Gasteiger partial charge >= 0.3 is 6.18 Å². The first-order valence-corrected chi connectivity index (χ1v) is 8.58. The van der Waals surface area contributed by atoms with Crippen LogP contribution in [-0.2, 0) is 12.7 Å². The molecule has 1 heterocycles. The lowest BCUT2D eigenvalue weighted by Gasteiger charge is -2.12. The molecular weight excluding hydrogens is 385 g/mol. The topological polar surface area (TPSA) is 60.3 Å². The SMILES string of the molecule is COc1cccc(NC(=O)c2ccc(=O)n(Cc3cccc(C(F)(F)F)c3)c2)c1. The van der Waals surface area contributed by atoms with E-state index in [4.69, 9.17) is 4.74 Å². The van der Waals surface area contributed by atoms with E-state index >= 15 is 0 Å². The molecular formula is C21H17F3N2O3. The summed E-state index contributed by atoms with van der Waals surface area (Å²) in [5.74, 6) is 0.105. The molecule has 0 radical (unpaired) electrons. The number of anilines is 1. The lowest BCUT2D eigenvalue weighted by molar-refractivity contribution is -0.137. The molecule has 1 amide bonds. The van der Waals surface area contributed by atoms with Crippen molar-refractivity contribution in [3.05, 3.63) is 93.9 Å². The number of rotatable bonds is 5. The fraction of sp³-hybridized carbons (Fsp3) is 0.143. The molecule has 150 valence electrons. The minimum absolute atomic E-state index is 0.0942. The van der Waals surface area contributed by atoms with Gasteiger partial charge in [-0.1, -0.05) is 18.2 Å². The van der Waals surface area contributed by atoms with Crippen LogP contribution < -0.4 is 15.6 Å². The number of carbonyl (C=O) groups is 1. The van der Waals surface area contributed by atoms with Crippen molar-refractivity contribution in [2.24, 2.45) is 0 Å². The van der Waals surface area contributed by atoms with Gasteiger partial charge in [-0.15, -0.1) is 0 Å². The molecule has 0 fully saturated rings. The number of carbonyl (C=O) groups excluding carboxylic acids is 1. The fourth-order valence-electron chi connectivity index (χ4n) is 2.74. The standard InChI is InChI=1S/C21H17F3N2O3/c1-29-18-7-3-6-17(11-18)25-20(28)15-8-9-19(27)26(13-15)12-14-4-2-5-16(10-14)21(22,23)24/h2-11,13H,12H2,1H3,(H,25,28). The maximum atomic E-state index is 12.9. The van der Waals surface area contributed by atoms with Gasteiger partial charge in [0.15, 0.2) is 0 Å². The van der Waals surface area contributed by atoms with E-state index in [1.54, 1.807) is 24.3 Å². The Labute approximate surface area is 164 Å². The maximum Gasteiger partial charge on any atom is 0.416 e. The first-order valence-electron chi connectivity index (χ1n) is 8.58. The number of alkyl halides is 3. The van der Waals surface area contributed by atoms with Crippen molar-refractivity contribution in [2.75, 3.05) is 12.4 Å². The summed E-state index contributed by atoms with van der Waals surface area (Å²) < 4.78 is 45.0. The molecule has 1 N–H and O–H groups in total. The third-order valence-corrected chi connectivity index (χ3v) is 4.18. The number of hydrogen-bond acceptors (Lipinski definition) is 3. The predicted molar refractivity (Wildman–Crippen MR) is 102 cm³/mol. The zero-order chi connectivity index (χ0) is 21.0. The smallest absolute Gasteiger partial charge is 0.416 e. The predicted octanol–water partition coefficient (Wildman–Crippen LogP) is 4.18. The van der Waals surface area contributed by atoms with Gasteiger partial charge in [-0.2, -0.15) is 13.2 Å². The molecule has 0 aliphatic carbocycles. The molecule has 0 bridgehead atoms. The van der Waals surface area contributed by atoms with Gasteiger partial charge in [0.2, 0.25) is 0 Å². The molecule has 0 aliphatic rings. The van der Waals surface area contributed by atoms with E-state index in [9.17, 15) is 22.8 Å². The second kappa shape index (κ2) is 8.22. The molecule has 0 spiro atoms. The van der Waals surface area contributed by atoms with Gasteiger partial charge in [0.05, 0.1) is 24.8 Å². The molecule has 3 rings (SSSR count). The first-order chi connectivity index (χ1) is 13.8. The summed E-state index contributed by atoms with van der Waals surface area (Å²) in [4.78, 5) is 24.6. The van der Waals surface area contributed by atoms with E-state index in [0.29, 0.717) is 17.0 Å². The van der Waals surface area contributed by atoms with Crippen molar-refractivity contribution in [3.8, 4) is 5.75 Å². The van der Waals surface area contributed by atoms with Crippen molar-refractivity contribution in [1.82, 2.24) is 4.57 Å². The normalized spacial score (nSPS) is 11.2. The van der Waals surface area contributed by atoms with Crippen LogP contribution in [0.2, 0.25) is 0 Å². The zero-order valence-corrected chi connectivity index (χ0v) is 15.4. The molecule has 2 aromatic carbocycles. The molecule has 0 aliphatic heterocycles. The number of aromatic nitrogens is 1. The molecule has 8 heteroatoms. The average molecular weight is 402 g/mol. The van der Waals surface area contributed by atoms with Gasteiger partial charge in [-0.05, 0) is 35.9 Å². The summed E-state index contributed by atoms with van der Waals surface area (Å²) in [5, 5.41) is 2.69. The third-order valence-electron chi connectivity index (χ3n) is 4.18. The van der Waals surface area contributed by atoms with Crippen LogP contribution in [0.25, 0.3) is 0 Å². The largest absolute Gasteiger partial charge is 0.497 e. The van der Waals surface area contributed by atoms with Gasteiger partial charge in [-0.3, -0.25) is 9.59 Å². The molecule has 29 heavy (non-hydrogen) atoms.